The highest BCUT2D eigenvalue weighted by Gasteiger charge is 2.33. The molecule has 0 saturated heterocycles. The Bertz CT molecular complexity index is 1270. The fourth-order valence-electron chi connectivity index (χ4n) is 3.31. The minimum absolute atomic E-state index is 0.00221. The molecule has 31 heavy (non-hydrogen) atoms. The van der Waals surface area contributed by atoms with Crippen LogP contribution < -0.4 is 15.2 Å². The van der Waals surface area contributed by atoms with E-state index in [1.165, 1.54) is 18.2 Å². The summed E-state index contributed by atoms with van der Waals surface area (Å²) in [5, 5.41) is 9.55. The van der Waals surface area contributed by atoms with E-state index in [2.05, 4.69) is 15.9 Å². The molecule has 3 aromatic carbocycles. The lowest BCUT2D eigenvalue weighted by molar-refractivity contribution is 0.0734. The predicted octanol–water partition coefficient (Wildman–Crippen LogP) is 5.16. The van der Waals surface area contributed by atoms with E-state index in [0.29, 0.717) is 11.1 Å². The molecule has 0 saturated carbocycles. The van der Waals surface area contributed by atoms with E-state index in [1.807, 2.05) is 6.07 Å². The third kappa shape index (κ3) is 4.00. The number of ether oxygens (including phenoxy) is 2. The maximum Gasteiger partial charge on any atom is 0.343 e. The Morgan fingerprint density at radius 2 is 1.77 bits per heavy atom. The maximum absolute atomic E-state index is 14.5. The van der Waals surface area contributed by atoms with Gasteiger partial charge in [0.15, 0.2) is 0 Å². The minimum atomic E-state index is -0.898. The summed E-state index contributed by atoms with van der Waals surface area (Å²) in [5.74, 6) is -2.86. The van der Waals surface area contributed by atoms with Crippen LogP contribution in [0, 0.1) is 23.0 Å². The number of carbonyl (C=O) groups excluding carboxylic acids is 1. The van der Waals surface area contributed by atoms with Crippen LogP contribution in [0.15, 0.2) is 76.6 Å². The van der Waals surface area contributed by atoms with Gasteiger partial charge in [0.2, 0.25) is 5.88 Å². The monoisotopic (exact) mass is 482 g/mol. The minimum Gasteiger partial charge on any atom is -0.440 e. The third-order valence-electron chi connectivity index (χ3n) is 4.75. The Balaban J connectivity index is 1.71. The summed E-state index contributed by atoms with van der Waals surface area (Å²) < 4.78 is 39.6. The molecule has 1 aliphatic heterocycles. The zero-order chi connectivity index (χ0) is 22.1. The Kier molecular flexibility index (Phi) is 5.44. The molecule has 2 N–H and O–H groups in total. The van der Waals surface area contributed by atoms with Gasteiger partial charge in [-0.3, -0.25) is 0 Å². The molecule has 1 atom stereocenters. The number of benzene rings is 3. The second kappa shape index (κ2) is 8.20. The molecule has 0 unspecified atom stereocenters. The van der Waals surface area contributed by atoms with Gasteiger partial charge in [0.05, 0.1) is 11.5 Å². The number of halogens is 3. The first-order valence-electron chi connectivity index (χ1n) is 9.01. The van der Waals surface area contributed by atoms with Crippen LogP contribution in [0.1, 0.15) is 27.4 Å². The van der Waals surface area contributed by atoms with Crippen molar-refractivity contribution in [3.05, 3.63) is 105 Å². The Hall–Kier alpha value is -3.70. The summed E-state index contributed by atoms with van der Waals surface area (Å²) in [6.45, 7) is 0. The first-order valence-corrected chi connectivity index (χ1v) is 9.81. The van der Waals surface area contributed by atoms with Crippen molar-refractivity contribution < 1.29 is 23.0 Å². The number of nitrogens with zero attached hydrogens (tertiary/aromatic N) is 1. The molecule has 5 nitrogen and oxygen atoms in total. The van der Waals surface area contributed by atoms with Crippen LogP contribution in [0.3, 0.4) is 0 Å². The van der Waals surface area contributed by atoms with Gasteiger partial charge in [-0.25, -0.2) is 13.6 Å². The van der Waals surface area contributed by atoms with Gasteiger partial charge in [0, 0.05) is 27.7 Å². The van der Waals surface area contributed by atoms with Gasteiger partial charge in [-0.2, -0.15) is 5.26 Å². The number of rotatable bonds is 3. The molecule has 0 amide bonds. The van der Waals surface area contributed by atoms with Crippen molar-refractivity contribution in [1.82, 2.24) is 0 Å². The van der Waals surface area contributed by atoms with Crippen LogP contribution in [0.4, 0.5) is 8.78 Å². The second-order valence-corrected chi connectivity index (χ2v) is 7.60. The number of nitriles is 1. The molecule has 0 fully saturated rings. The number of nitrogens with two attached hydrogens (primary N) is 1. The molecular formula is C23H13BrF2N2O3. The van der Waals surface area contributed by atoms with Crippen molar-refractivity contribution in [1.29, 1.82) is 5.26 Å². The van der Waals surface area contributed by atoms with Gasteiger partial charge in [0.25, 0.3) is 0 Å². The Labute approximate surface area is 184 Å². The molecule has 1 aliphatic rings. The fraction of sp³-hybridized carbons (Fsp3) is 0.0435. The molecule has 0 spiro atoms. The molecule has 4 rings (SSSR count). The van der Waals surface area contributed by atoms with Gasteiger partial charge in [0.1, 0.15) is 34.8 Å². The van der Waals surface area contributed by atoms with Gasteiger partial charge in [-0.05, 0) is 36.4 Å². The lowest BCUT2D eigenvalue weighted by Gasteiger charge is -2.27. The largest absolute Gasteiger partial charge is 0.440 e. The average Bonchev–Trinajstić information content (AvgIpc) is 2.73. The van der Waals surface area contributed by atoms with Crippen molar-refractivity contribution in [2.75, 3.05) is 0 Å². The predicted molar refractivity (Wildman–Crippen MR) is 111 cm³/mol. The highest BCUT2D eigenvalue weighted by Crippen LogP contribution is 2.44. The quantitative estimate of drug-likeness (QED) is 0.411. The van der Waals surface area contributed by atoms with Crippen molar-refractivity contribution in [2.45, 2.75) is 5.92 Å². The van der Waals surface area contributed by atoms with Gasteiger partial charge >= 0.3 is 5.97 Å². The first-order chi connectivity index (χ1) is 14.9. The van der Waals surface area contributed by atoms with E-state index in [-0.39, 0.29) is 28.5 Å². The molecule has 154 valence electrons. The number of hydrogen-bond donors (Lipinski definition) is 1. The highest BCUT2D eigenvalue weighted by atomic mass is 79.9. The van der Waals surface area contributed by atoms with E-state index in [9.17, 15) is 18.8 Å². The van der Waals surface area contributed by atoms with E-state index >= 15 is 0 Å². The van der Waals surface area contributed by atoms with E-state index in [4.69, 9.17) is 15.2 Å². The fourth-order valence-corrected chi connectivity index (χ4v) is 3.57. The van der Waals surface area contributed by atoms with Crippen molar-refractivity contribution in [3.63, 3.8) is 0 Å². The third-order valence-corrected chi connectivity index (χ3v) is 5.28. The van der Waals surface area contributed by atoms with E-state index in [1.54, 1.807) is 30.3 Å². The standard InChI is InChI=1S/C23H13BrF2N2O3/c24-13-3-1-12(2-4-13)23(29)30-15-6-8-17-20(10-15)31-22(28)18(11-27)21(17)16-7-5-14(25)9-19(16)26/h1-10,21H,28H2/t21-/m1/s1. The molecule has 0 aromatic heterocycles. The summed E-state index contributed by atoms with van der Waals surface area (Å²) in [5.41, 5.74) is 6.74. The van der Waals surface area contributed by atoms with Gasteiger partial charge in [-0.15, -0.1) is 0 Å². The second-order valence-electron chi connectivity index (χ2n) is 6.69. The van der Waals surface area contributed by atoms with Crippen molar-refractivity contribution in [3.8, 4) is 17.6 Å². The molecule has 3 aromatic rings. The van der Waals surface area contributed by atoms with Crippen LogP contribution in [-0.4, -0.2) is 5.97 Å². The first kappa shape index (κ1) is 20.6. The van der Waals surface area contributed by atoms with Crippen LogP contribution >= 0.6 is 15.9 Å². The number of carbonyl (C=O) groups is 1. The summed E-state index contributed by atoms with van der Waals surface area (Å²) in [7, 11) is 0. The molecule has 0 radical (unpaired) electrons. The summed E-state index contributed by atoms with van der Waals surface area (Å²) >= 11 is 3.30. The van der Waals surface area contributed by atoms with Crippen LogP contribution in [0.2, 0.25) is 0 Å². The van der Waals surface area contributed by atoms with Crippen LogP contribution in [0.25, 0.3) is 0 Å². The van der Waals surface area contributed by atoms with Crippen LogP contribution in [0.5, 0.6) is 11.5 Å². The number of allylic oxidation sites excluding steroid dienone is 1. The summed E-state index contributed by atoms with van der Waals surface area (Å²) in [6, 6.07) is 16.2. The smallest absolute Gasteiger partial charge is 0.343 e. The normalized spacial score (nSPS) is 15.0. The molecule has 0 aliphatic carbocycles. The van der Waals surface area contributed by atoms with E-state index < -0.39 is 23.5 Å². The SMILES string of the molecule is N#CC1=C(N)Oc2cc(OC(=O)c3ccc(Br)cc3)ccc2[C@H]1c1ccc(F)cc1F. The van der Waals surface area contributed by atoms with Gasteiger partial charge in [-0.1, -0.05) is 28.1 Å². The number of esters is 1. The number of fused-ring (bicyclic) bond motifs is 1. The molecular weight excluding hydrogens is 470 g/mol. The highest BCUT2D eigenvalue weighted by molar-refractivity contribution is 9.10. The molecule has 1 heterocycles. The lowest BCUT2D eigenvalue weighted by Crippen LogP contribution is -2.22. The Morgan fingerprint density at radius 1 is 1.06 bits per heavy atom. The van der Waals surface area contributed by atoms with E-state index in [0.717, 1.165) is 16.6 Å². The zero-order valence-corrected chi connectivity index (χ0v) is 17.3. The molecule has 0 bridgehead atoms. The van der Waals surface area contributed by atoms with Crippen molar-refractivity contribution in [2.24, 2.45) is 5.73 Å². The average molecular weight is 483 g/mol. The number of hydrogen-bond acceptors (Lipinski definition) is 5. The summed E-state index contributed by atoms with van der Waals surface area (Å²) in [4.78, 5) is 12.4. The summed E-state index contributed by atoms with van der Waals surface area (Å²) in [6.07, 6.45) is 0. The zero-order valence-electron chi connectivity index (χ0n) is 15.7. The maximum atomic E-state index is 14.5. The Morgan fingerprint density at radius 3 is 2.45 bits per heavy atom. The van der Waals surface area contributed by atoms with Crippen LogP contribution in [-0.2, 0) is 0 Å². The topological polar surface area (TPSA) is 85.3 Å². The van der Waals surface area contributed by atoms with Gasteiger partial charge < -0.3 is 15.2 Å². The lowest BCUT2D eigenvalue weighted by atomic mass is 9.83. The van der Waals surface area contributed by atoms with Crippen molar-refractivity contribution >= 4 is 21.9 Å². The molecule has 8 heteroatoms.